The number of nitrogens with one attached hydrogen (secondary N) is 1. The molecule has 0 spiro atoms. The zero-order valence-corrected chi connectivity index (χ0v) is 11.9. The van der Waals surface area contributed by atoms with Gasteiger partial charge in [-0.25, -0.2) is 0 Å². The van der Waals surface area contributed by atoms with Crippen molar-refractivity contribution in [1.82, 2.24) is 5.32 Å². The monoisotopic (exact) mass is 258 g/mol. The van der Waals surface area contributed by atoms with Gasteiger partial charge in [0.1, 0.15) is 5.92 Å². The first kappa shape index (κ1) is 15.2. The maximum absolute atomic E-state index is 12.1. The number of nitrogens with zero attached hydrogens (tertiary/aromatic N) is 1. The van der Waals surface area contributed by atoms with E-state index in [1.54, 1.807) is 0 Å². The molecule has 0 heterocycles. The molecular weight excluding hydrogens is 236 g/mol. The summed E-state index contributed by atoms with van der Waals surface area (Å²) in [6.45, 7) is 6.31. The van der Waals surface area contributed by atoms with E-state index >= 15 is 0 Å². The van der Waals surface area contributed by atoms with Crippen molar-refractivity contribution in [1.29, 1.82) is 5.26 Å². The maximum Gasteiger partial charge on any atom is 0.242 e. The zero-order chi connectivity index (χ0) is 14.3. The predicted molar refractivity (Wildman–Crippen MR) is 76.5 cm³/mol. The molecular formula is C16H22N2O. The van der Waals surface area contributed by atoms with Crippen LogP contribution in [0, 0.1) is 17.2 Å². The van der Waals surface area contributed by atoms with E-state index in [0.29, 0.717) is 5.92 Å². The highest BCUT2D eigenvalue weighted by Gasteiger charge is 2.21. The van der Waals surface area contributed by atoms with Crippen LogP contribution in [0.4, 0.5) is 0 Å². The van der Waals surface area contributed by atoms with Crippen LogP contribution in [-0.2, 0) is 4.79 Å². The van der Waals surface area contributed by atoms with Crippen LogP contribution in [0.15, 0.2) is 30.3 Å². The number of rotatable bonds is 6. The third-order valence-corrected chi connectivity index (χ3v) is 3.09. The summed E-state index contributed by atoms with van der Waals surface area (Å²) in [5, 5.41) is 12.1. The van der Waals surface area contributed by atoms with Crippen LogP contribution >= 0.6 is 0 Å². The second kappa shape index (κ2) is 7.58. The van der Waals surface area contributed by atoms with Gasteiger partial charge in [-0.2, -0.15) is 5.26 Å². The Morgan fingerprint density at radius 2 is 1.84 bits per heavy atom. The number of carbonyl (C=O) groups excluding carboxylic acids is 1. The summed E-state index contributed by atoms with van der Waals surface area (Å²) in [4.78, 5) is 12.1. The first-order valence-electron chi connectivity index (χ1n) is 6.79. The Labute approximate surface area is 115 Å². The summed E-state index contributed by atoms with van der Waals surface area (Å²) in [6, 6.07) is 11.4. The maximum atomic E-state index is 12.1. The molecule has 0 aliphatic heterocycles. The summed E-state index contributed by atoms with van der Waals surface area (Å²) in [5.74, 6) is -0.298. The Kier molecular flexibility index (Phi) is 6.08. The first-order chi connectivity index (χ1) is 9.04. The van der Waals surface area contributed by atoms with Gasteiger partial charge in [0.05, 0.1) is 6.07 Å². The second-order valence-corrected chi connectivity index (χ2v) is 5.35. The molecule has 1 aromatic carbocycles. The van der Waals surface area contributed by atoms with Crippen LogP contribution < -0.4 is 5.32 Å². The highest BCUT2D eigenvalue weighted by Crippen LogP contribution is 2.15. The van der Waals surface area contributed by atoms with E-state index < -0.39 is 5.92 Å². The molecule has 19 heavy (non-hydrogen) atoms. The molecule has 2 atom stereocenters. The smallest absolute Gasteiger partial charge is 0.242 e. The van der Waals surface area contributed by atoms with Crippen LogP contribution in [-0.4, -0.2) is 11.9 Å². The normalized spacial score (nSPS) is 13.6. The number of amides is 1. The average molecular weight is 258 g/mol. The molecule has 3 nitrogen and oxygen atoms in total. The quantitative estimate of drug-likeness (QED) is 0.851. The molecule has 1 rings (SSSR count). The molecule has 0 aliphatic rings. The Morgan fingerprint density at radius 1 is 1.21 bits per heavy atom. The molecule has 3 heteroatoms. The molecule has 1 aromatic rings. The first-order valence-corrected chi connectivity index (χ1v) is 6.79. The lowest BCUT2D eigenvalue weighted by molar-refractivity contribution is -0.122. The van der Waals surface area contributed by atoms with Gasteiger partial charge in [0.2, 0.25) is 5.91 Å². The largest absolute Gasteiger partial charge is 0.352 e. The van der Waals surface area contributed by atoms with Crippen molar-refractivity contribution in [3.63, 3.8) is 0 Å². The molecule has 0 aromatic heterocycles. The number of nitriles is 1. The predicted octanol–water partition coefficient (Wildman–Crippen LogP) is 3.23. The molecule has 0 saturated heterocycles. The summed E-state index contributed by atoms with van der Waals surface area (Å²) < 4.78 is 0. The van der Waals surface area contributed by atoms with Crippen molar-refractivity contribution in [2.75, 3.05) is 0 Å². The summed E-state index contributed by atoms with van der Waals surface area (Å²) in [7, 11) is 0. The number of benzene rings is 1. The van der Waals surface area contributed by atoms with Crippen LogP contribution in [0.25, 0.3) is 0 Å². The van der Waals surface area contributed by atoms with Gasteiger partial charge in [0.15, 0.2) is 0 Å². The van der Waals surface area contributed by atoms with E-state index in [2.05, 4.69) is 25.2 Å². The molecule has 2 unspecified atom stereocenters. The lowest BCUT2D eigenvalue weighted by Crippen LogP contribution is -2.36. The van der Waals surface area contributed by atoms with Crippen molar-refractivity contribution in [2.24, 2.45) is 5.92 Å². The summed E-state index contributed by atoms with van der Waals surface area (Å²) >= 11 is 0. The van der Waals surface area contributed by atoms with Gasteiger partial charge in [-0.1, -0.05) is 44.2 Å². The Balaban J connectivity index is 2.59. The molecule has 0 bridgehead atoms. The zero-order valence-electron chi connectivity index (χ0n) is 11.9. The fourth-order valence-corrected chi connectivity index (χ4v) is 1.91. The van der Waals surface area contributed by atoms with Crippen LogP contribution in [0.2, 0.25) is 0 Å². The molecule has 1 amide bonds. The molecule has 1 N–H and O–H groups in total. The standard InChI is InChI=1S/C16H22N2O/c1-12(2)9-10-13(3)18-16(19)15(11-17)14-7-5-4-6-8-14/h4-8,12-13,15H,9-10H2,1-3H3,(H,18,19). The van der Waals surface area contributed by atoms with Crippen molar-refractivity contribution in [2.45, 2.75) is 45.6 Å². The van der Waals surface area contributed by atoms with Crippen LogP contribution in [0.1, 0.15) is 45.1 Å². The minimum absolute atomic E-state index is 0.106. The average Bonchev–Trinajstić information content (AvgIpc) is 2.38. The number of hydrogen-bond donors (Lipinski definition) is 1. The van der Waals surface area contributed by atoms with E-state index in [0.717, 1.165) is 18.4 Å². The minimum Gasteiger partial charge on any atom is -0.352 e. The highest BCUT2D eigenvalue weighted by molar-refractivity contribution is 5.86. The van der Waals surface area contributed by atoms with Gasteiger partial charge < -0.3 is 5.32 Å². The Bertz CT molecular complexity index is 434. The van der Waals surface area contributed by atoms with E-state index in [9.17, 15) is 10.1 Å². The SMILES string of the molecule is CC(C)CCC(C)NC(=O)C(C#N)c1ccccc1. The fourth-order valence-electron chi connectivity index (χ4n) is 1.91. The van der Waals surface area contributed by atoms with Gasteiger partial charge in [0, 0.05) is 6.04 Å². The lowest BCUT2D eigenvalue weighted by Gasteiger charge is -2.17. The van der Waals surface area contributed by atoms with Crippen LogP contribution in [0.3, 0.4) is 0 Å². The van der Waals surface area contributed by atoms with Crippen molar-refractivity contribution in [3.8, 4) is 6.07 Å². The summed E-state index contributed by atoms with van der Waals surface area (Å²) in [5.41, 5.74) is 0.749. The molecule has 0 saturated carbocycles. The third-order valence-electron chi connectivity index (χ3n) is 3.09. The van der Waals surface area contributed by atoms with E-state index in [1.165, 1.54) is 0 Å². The topological polar surface area (TPSA) is 52.9 Å². The van der Waals surface area contributed by atoms with E-state index in [1.807, 2.05) is 37.3 Å². The van der Waals surface area contributed by atoms with E-state index in [-0.39, 0.29) is 11.9 Å². The molecule has 0 aliphatic carbocycles. The van der Waals surface area contributed by atoms with Gasteiger partial charge in [-0.3, -0.25) is 4.79 Å². The van der Waals surface area contributed by atoms with Gasteiger partial charge in [-0.05, 0) is 31.2 Å². The number of carbonyl (C=O) groups is 1. The fraction of sp³-hybridized carbons (Fsp3) is 0.500. The molecule has 0 fully saturated rings. The minimum atomic E-state index is -0.720. The van der Waals surface area contributed by atoms with E-state index in [4.69, 9.17) is 0 Å². The van der Waals surface area contributed by atoms with Gasteiger partial charge in [-0.15, -0.1) is 0 Å². The van der Waals surface area contributed by atoms with Crippen LogP contribution in [0.5, 0.6) is 0 Å². The van der Waals surface area contributed by atoms with Crippen molar-refractivity contribution < 1.29 is 4.79 Å². The highest BCUT2D eigenvalue weighted by atomic mass is 16.1. The number of hydrogen-bond acceptors (Lipinski definition) is 2. The lowest BCUT2D eigenvalue weighted by atomic mass is 9.98. The summed E-state index contributed by atoms with van der Waals surface area (Å²) in [6.07, 6.45) is 2.01. The second-order valence-electron chi connectivity index (χ2n) is 5.35. The van der Waals surface area contributed by atoms with Gasteiger partial charge in [0.25, 0.3) is 0 Å². The Hall–Kier alpha value is -1.82. The third kappa shape index (κ3) is 5.13. The molecule has 0 radical (unpaired) electrons. The van der Waals surface area contributed by atoms with Gasteiger partial charge >= 0.3 is 0 Å². The van der Waals surface area contributed by atoms with Crippen molar-refractivity contribution >= 4 is 5.91 Å². The van der Waals surface area contributed by atoms with Crippen molar-refractivity contribution in [3.05, 3.63) is 35.9 Å². The molecule has 102 valence electrons. The Morgan fingerprint density at radius 3 is 2.37 bits per heavy atom.